The molecule has 2 aromatic carbocycles. The molecule has 5 nitrogen and oxygen atoms in total. The lowest BCUT2D eigenvalue weighted by atomic mass is 10.1. The molecule has 1 aliphatic heterocycles. The van der Waals surface area contributed by atoms with Gasteiger partial charge in [-0.25, -0.2) is 4.68 Å². The van der Waals surface area contributed by atoms with Crippen molar-refractivity contribution >= 4 is 23.8 Å². The van der Waals surface area contributed by atoms with Crippen molar-refractivity contribution in [3.05, 3.63) is 63.9 Å². The molecule has 27 heavy (non-hydrogen) atoms. The first kappa shape index (κ1) is 18.4. The third kappa shape index (κ3) is 3.99. The molecule has 0 atom stereocenters. The van der Waals surface area contributed by atoms with Crippen LogP contribution in [0.5, 0.6) is 0 Å². The maximum absolute atomic E-state index is 6.07. The number of nitrogens with zero attached hydrogens (tertiary/aromatic N) is 4. The Labute approximate surface area is 168 Å². The Morgan fingerprint density at radius 2 is 1.70 bits per heavy atom. The van der Waals surface area contributed by atoms with Crippen molar-refractivity contribution in [1.82, 2.24) is 19.2 Å². The fraction of sp³-hybridized carbons (Fsp3) is 0.300. The normalized spacial score (nSPS) is 15.2. The van der Waals surface area contributed by atoms with Gasteiger partial charge in [-0.1, -0.05) is 41.4 Å². The van der Waals surface area contributed by atoms with Gasteiger partial charge in [0.1, 0.15) is 0 Å². The van der Waals surface area contributed by atoms with Crippen LogP contribution in [-0.2, 0) is 11.4 Å². The zero-order valence-corrected chi connectivity index (χ0v) is 16.7. The van der Waals surface area contributed by atoms with E-state index in [1.165, 1.54) is 5.56 Å². The lowest BCUT2D eigenvalue weighted by molar-refractivity contribution is 0.0210. The number of halogens is 1. The van der Waals surface area contributed by atoms with Crippen LogP contribution in [0, 0.1) is 11.7 Å². The van der Waals surface area contributed by atoms with Gasteiger partial charge in [-0.15, -0.1) is 5.10 Å². The molecule has 2 heterocycles. The molecule has 0 saturated carbocycles. The number of rotatable bonds is 4. The minimum atomic E-state index is 0.654. The molecule has 1 aromatic heterocycles. The van der Waals surface area contributed by atoms with E-state index in [0.29, 0.717) is 16.5 Å². The second-order valence-corrected chi connectivity index (χ2v) is 7.46. The summed E-state index contributed by atoms with van der Waals surface area (Å²) in [5.41, 5.74) is 3.19. The third-order valence-electron chi connectivity index (χ3n) is 4.67. The molecule has 4 rings (SSSR count). The third-order valence-corrected chi connectivity index (χ3v) is 5.32. The Morgan fingerprint density at radius 3 is 2.37 bits per heavy atom. The highest BCUT2D eigenvalue weighted by molar-refractivity contribution is 7.71. The molecule has 1 fully saturated rings. The molecule has 0 N–H and O–H groups in total. The Balaban J connectivity index is 1.80. The molecule has 140 valence electrons. The van der Waals surface area contributed by atoms with Crippen LogP contribution in [0.1, 0.15) is 5.56 Å². The Morgan fingerprint density at radius 1 is 1.04 bits per heavy atom. The minimum absolute atomic E-state index is 0.654. The predicted molar refractivity (Wildman–Crippen MR) is 110 cm³/mol. The summed E-state index contributed by atoms with van der Waals surface area (Å²) in [5, 5.41) is 5.56. The molecule has 1 saturated heterocycles. The van der Waals surface area contributed by atoms with Gasteiger partial charge in [0, 0.05) is 23.7 Å². The first-order chi connectivity index (χ1) is 13.1. The number of aromatic nitrogens is 3. The molecule has 3 aromatic rings. The fourth-order valence-corrected chi connectivity index (χ4v) is 3.56. The van der Waals surface area contributed by atoms with Crippen LogP contribution in [0.3, 0.4) is 0 Å². The molecule has 0 bridgehead atoms. The lowest BCUT2D eigenvalue weighted by Gasteiger charge is -2.26. The standard InChI is InChI=1S/C20H21ClN4OS/c1-15-2-4-16(5-3-15)19-22-24(14-23-10-12-26-13-11-23)20(27)25(19)18-8-6-17(21)7-9-18/h2-9H,10-14H2,1H3. The van der Waals surface area contributed by atoms with Gasteiger partial charge in [0.2, 0.25) is 4.77 Å². The molecular formula is C20H21ClN4OS. The summed E-state index contributed by atoms with van der Waals surface area (Å²) < 4.78 is 10.0. The number of morpholine rings is 1. The predicted octanol–water partition coefficient (Wildman–Crippen LogP) is 4.32. The molecule has 0 amide bonds. The Hall–Kier alpha value is -1.99. The molecule has 0 spiro atoms. The second-order valence-electron chi connectivity index (χ2n) is 6.66. The number of hydrogen-bond acceptors (Lipinski definition) is 4. The number of benzene rings is 2. The molecule has 0 aliphatic carbocycles. The molecular weight excluding hydrogens is 380 g/mol. The molecule has 0 radical (unpaired) electrons. The van der Waals surface area contributed by atoms with Gasteiger partial charge >= 0.3 is 0 Å². The summed E-state index contributed by atoms with van der Waals surface area (Å²) in [5.74, 6) is 0.829. The van der Waals surface area contributed by atoms with Gasteiger partial charge in [-0.2, -0.15) is 0 Å². The Kier molecular flexibility index (Phi) is 5.41. The van der Waals surface area contributed by atoms with Crippen molar-refractivity contribution in [2.75, 3.05) is 26.3 Å². The highest BCUT2D eigenvalue weighted by atomic mass is 35.5. The summed E-state index contributed by atoms with van der Waals surface area (Å²) in [4.78, 5) is 2.30. The van der Waals surface area contributed by atoms with Gasteiger partial charge in [-0.3, -0.25) is 9.47 Å². The van der Waals surface area contributed by atoms with Crippen molar-refractivity contribution in [3.8, 4) is 17.1 Å². The number of ether oxygens (including phenoxy) is 1. The van der Waals surface area contributed by atoms with Crippen molar-refractivity contribution < 1.29 is 4.74 Å². The molecule has 0 unspecified atom stereocenters. The van der Waals surface area contributed by atoms with Crippen LogP contribution in [0.2, 0.25) is 5.02 Å². The maximum Gasteiger partial charge on any atom is 0.204 e. The van der Waals surface area contributed by atoms with Gasteiger partial charge in [0.15, 0.2) is 5.82 Å². The highest BCUT2D eigenvalue weighted by Crippen LogP contribution is 2.24. The summed E-state index contributed by atoms with van der Waals surface area (Å²) in [6.07, 6.45) is 0. The van der Waals surface area contributed by atoms with E-state index in [2.05, 4.69) is 36.1 Å². The van der Waals surface area contributed by atoms with Crippen LogP contribution in [0.15, 0.2) is 48.5 Å². The van der Waals surface area contributed by atoms with Gasteiger partial charge in [0.25, 0.3) is 0 Å². The number of hydrogen-bond donors (Lipinski definition) is 0. The topological polar surface area (TPSA) is 35.2 Å². The fourth-order valence-electron chi connectivity index (χ4n) is 3.14. The number of aryl methyl sites for hydroxylation is 1. The highest BCUT2D eigenvalue weighted by Gasteiger charge is 2.17. The molecule has 1 aliphatic rings. The lowest BCUT2D eigenvalue weighted by Crippen LogP contribution is -2.37. The average molecular weight is 401 g/mol. The van der Waals surface area contributed by atoms with Gasteiger partial charge in [-0.05, 0) is 43.4 Å². The van der Waals surface area contributed by atoms with Gasteiger partial charge < -0.3 is 4.74 Å². The molecule has 7 heteroatoms. The van der Waals surface area contributed by atoms with Crippen LogP contribution >= 0.6 is 23.8 Å². The van der Waals surface area contributed by atoms with Crippen molar-refractivity contribution in [2.24, 2.45) is 0 Å². The minimum Gasteiger partial charge on any atom is -0.379 e. The monoisotopic (exact) mass is 400 g/mol. The van der Waals surface area contributed by atoms with E-state index in [1.54, 1.807) is 0 Å². The van der Waals surface area contributed by atoms with E-state index in [-0.39, 0.29) is 0 Å². The zero-order chi connectivity index (χ0) is 18.8. The van der Waals surface area contributed by atoms with E-state index >= 15 is 0 Å². The largest absolute Gasteiger partial charge is 0.379 e. The van der Waals surface area contributed by atoms with E-state index in [0.717, 1.165) is 43.4 Å². The van der Waals surface area contributed by atoms with Crippen LogP contribution < -0.4 is 0 Å². The summed E-state index contributed by atoms with van der Waals surface area (Å²) in [6, 6.07) is 16.0. The summed E-state index contributed by atoms with van der Waals surface area (Å²) >= 11 is 11.9. The van der Waals surface area contributed by atoms with E-state index in [4.69, 9.17) is 33.7 Å². The SMILES string of the molecule is Cc1ccc(-c2nn(CN3CCOCC3)c(=S)n2-c2ccc(Cl)cc2)cc1. The quantitative estimate of drug-likeness (QED) is 0.611. The van der Waals surface area contributed by atoms with E-state index in [9.17, 15) is 0 Å². The first-order valence-electron chi connectivity index (χ1n) is 8.95. The summed E-state index contributed by atoms with van der Waals surface area (Å²) in [6.45, 7) is 5.99. The zero-order valence-electron chi connectivity index (χ0n) is 15.1. The van der Waals surface area contributed by atoms with E-state index in [1.807, 2.05) is 33.5 Å². The van der Waals surface area contributed by atoms with Crippen molar-refractivity contribution in [1.29, 1.82) is 0 Å². The van der Waals surface area contributed by atoms with Gasteiger partial charge in [0.05, 0.1) is 25.6 Å². The first-order valence-corrected chi connectivity index (χ1v) is 9.73. The van der Waals surface area contributed by atoms with E-state index < -0.39 is 0 Å². The summed E-state index contributed by atoms with van der Waals surface area (Å²) in [7, 11) is 0. The van der Waals surface area contributed by atoms with Crippen LogP contribution in [0.4, 0.5) is 0 Å². The smallest absolute Gasteiger partial charge is 0.204 e. The average Bonchev–Trinajstić information content (AvgIpc) is 3.00. The van der Waals surface area contributed by atoms with Crippen molar-refractivity contribution in [3.63, 3.8) is 0 Å². The maximum atomic E-state index is 6.07. The second kappa shape index (κ2) is 7.94. The van der Waals surface area contributed by atoms with Crippen molar-refractivity contribution in [2.45, 2.75) is 13.6 Å². The van der Waals surface area contributed by atoms with Crippen LogP contribution in [0.25, 0.3) is 17.1 Å². The Bertz CT molecular complexity index is 973. The van der Waals surface area contributed by atoms with Crippen LogP contribution in [-0.4, -0.2) is 45.6 Å².